The molecule has 1 aromatic carbocycles. The molecular weight excluding hydrogens is 394 g/mol. The number of hydrogen-bond donors (Lipinski definition) is 2. The van der Waals surface area contributed by atoms with Gasteiger partial charge < -0.3 is 4.57 Å². The minimum Gasteiger partial charge on any atom is -0.311 e. The van der Waals surface area contributed by atoms with Crippen LogP contribution in [0.2, 0.25) is 0 Å². The molecule has 0 saturated carbocycles. The van der Waals surface area contributed by atoms with E-state index in [1.165, 1.54) is 22.0 Å². The van der Waals surface area contributed by atoms with Crippen LogP contribution < -0.4 is 16.4 Å². The molecule has 0 atom stereocenters. The highest BCUT2D eigenvalue weighted by Gasteiger charge is 2.15. The molecule has 2 aromatic heterocycles. The Morgan fingerprint density at radius 1 is 1.08 bits per heavy atom. The van der Waals surface area contributed by atoms with Gasteiger partial charge in [0.15, 0.2) is 0 Å². The van der Waals surface area contributed by atoms with Crippen molar-refractivity contribution in [3.05, 3.63) is 67.0 Å². The van der Waals surface area contributed by atoms with Gasteiger partial charge in [0, 0.05) is 18.5 Å². The van der Waals surface area contributed by atoms with Crippen LogP contribution in [-0.4, -0.2) is 16.4 Å². The van der Waals surface area contributed by atoms with Crippen molar-refractivity contribution in [1.82, 2.24) is 15.4 Å². The maximum absolute atomic E-state index is 12.4. The Hall–Kier alpha value is -2.45. The summed E-state index contributed by atoms with van der Waals surface area (Å²) >= 11 is 4.52. The lowest BCUT2D eigenvalue weighted by Gasteiger charge is -2.11. The number of fused-ring (bicyclic) bond motifs is 1. The Morgan fingerprint density at radius 3 is 2.50 bits per heavy atom. The van der Waals surface area contributed by atoms with Crippen molar-refractivity contribution in [3.8, 4) is 0 Å². The third kappa shape index (κ3) is 3.10. The molecular formula is C16H12BrN3O3S. The standard InChI is InChI=1S/C16H12BrN3O3S/c1-20-11-5-3-2-4-9(11)10(8-14(20)21)15(22)18-19-16(23)12-6-7-13(17)24-12/h2-8H,1H3,(H,18,22)(H,19,23). The largest absolute Gasteiger partial charge is 0.311 e. The molecule has 0 unspecified atom stereocenters. The van der Waals surface area contributed by atoms with E-state index in [0.717, 1.165) is 3.79 Å². The summed E-state index contributed by atoms with van der Waals surface area (Å²) in [5.41, 5.74) is 5.25. The highest BCUT2D eigenvalue weighted by atomic mass is 79.9. The summed E-state index contributed by atoms with van der Waals surface area (Å²) in [4.78, 5) is 36.8. The van der Waals surface area contributed by atoms with Gasteiger partial charge in [0.1, 0.15) is 0 Å². The molecule has 0 fully saturated rings. The lowest BCUT2D eigenvalue weighted by atomic mass is 10.1. The van der Waals surface area contributed by atoms with Gasteiger partial charge in [-0.2, -0.15) is 0 Å². The third-order valence-electron chi connectivity index (χ3n) is 3.49. The molecule has 0 spiro atoms. The zero-order chi connectivity index (χ0) is 17.3. The number of nitrogens with zero attached hydrogens (tertiary/aromatic N) is 1. The minimum atomic E-state index is -0.548. The molecule has 2 heterocycles. The van der Waals surface area contributed by atoms with Crippen LogP contribution in [0.15, 0.2) is 51.0 Å². The van der Waals surface area contributed by atoms with Gasteiger partial charge in [0.05, 0.1) is 19.7 Å². The minimum absolute atomic E-state index is 0.210. The first-order valence-corrected chi connectivity index (χ1v) is 8.53. The van der Waals surface area contributed by atoms with Gasteiger partial charge in [-0.25, -0.2) is 0 Å². The SMILES string of the molecule is Cn1c(=O)cc(C(=O)NNC(=O)c2ccc(Br)s2)c2ccccc21. The van der Waals surface area contributed by atoms with Crippen molar-refractivity contribution in [2.75, 3.05) is 0 Å². The van der Waals surface area contributed by atoms with E-state index in [2.05, 4.69) is 26.8 Å². The molecule has 0 aliphatic heterocycles. The maximum atomic E-state index is 12.4. The summed E-state index contributed by atoms with van der Waals surface area (Å²) in [6.45, 7) is 0. The van der Waals surface area contributed by atoms with Crippen molar-refractivity contribution in [1.29, 1.82) is 0 Å². The number of hydrogen-bond acceptors (Lipinski definition) is 4. The number of aryl methyl sites for hydroxylation is 1. The lowest BCUT2D eigenvalue weighted by Crippen LogP contribution is -2.41. The molecule has 0 radical (unpaired) electrons. The summed E-state index contributed by atoms with van der Waals surface area (Å²) in [7, 11) is 1.64. The van der Waals surface area contributed by atoms with E-state index in [4.69, 9.17) is 0 Å². The predicted molar refractivity (Wildman–Crippen MR) is 96.1 cm³/mol. The molecule has 0 saturated heterocycles. The first-order chi connectivity index (χ1) is 11.5. The molecule has 6 nitrogen and oxygen atoms in total. The number of rotatable bonds is 2. The number of aromatic nitrogens is 1. The summed E-state index contributed by atoms with van der Waals surface area (Å²) < 4.78 is 2.28. The average Bonchev–Trinajstić information content (AvgIpc) is 3.02. The maximum Gasteiger partial charge on any atom is 0.279 e. The highest BCUT2D eigenvalue weighted by Crippen LogP contribution is 2.21. The van der Waals surface area contributed by atoms with Crippen LogP contribution in [0.5, 0.6) is 0 Å². The van der Waals surface area contributed by atoms with Gasteiger partial charge in [-0.15, -0.1) is 11.3 Å². The number of carbonyl (C=O) groups excluding carboxylic acids is 2. The zero-order valence-corrected chi connectivity index (χ0v) is 14.9. The first-order valence-electron chi connectivity index (χ1n) is 6.92. The molecule has 122 valence electrons. The van der Waals surface area contributed by atoms with Gasteiger partial charge in [0.25, 0.3) is 17.4 Å². The number of para-hydroxylation sites is 1. The molecule has 2 amide bonds. The van der Waals surface area contributed by atoms with Crippen LogP contribution >= 0.6 is 27.3 Å². The summed E-state index contributed by atoms with van der Waals surface area (Å²) in [6, 6.07) is 11.7. The smallest absolute Gasteiger partial charge is 0.279 e. The fraction of sp³-hybridized carbons (Fsp3) is 0.0625. The third-order valence-corrected chi connectivity index (χ3v) is 5.11. The zero-order valence-electron chi connectivity index (χ0n) is 12.5. The van der Waals surface area contributed by atoms with E-state index in [1.54, 1.807) is 43.4 Å². The van der Waals surface area contributed by atoms with Crippen molar-refractivity contribution in [2.24, 2.45) is 7.05 Å². The lowest BCUT2D eigenvalue weighted by molar-refractivity contribution is 0.0849. The predicted octanol–water partition coefficient (Wildman–Crippen LogP) is 2.44. The molecule has 24 heavy (non-hydrogen) atoms. The van der Waals surface area contributed by atoms with Gasteiger partial charge in [-0.1, -0.05) is 18.2 Å². The topological polar surface area (TPSA) is 80.2 Å². The number of benzene rings is 1. The molecule has 2 N–H and O–H groups in total. The van der Waals surface area contributed by atoms with Gasteiger partial charge in [-0.05, 0) is 34.1 Å². The van der Waals surface area contributed by atoms with Gasteiger partial charge in [0.2, 0.25) is 0 Å². The van der Waals surface area contributed by atoms with E-state index >= 15 is 0 Å². The second kappa shape index (κ2) is 6.58. The van der Waals surface area contributed by atoms with Crippen molar-refractivity contribution >= 4 is 50.0 Å². The van der Waals surface area contributed by atoms with E-state index in [9.17, 15) is 14.4 Å². The van der Waals surface area contributed by atoms with E-state index in [-0.39, 0.29) is 11.1 Å². The fourth-order valence-electron chi connectivity index (χ4n) is 2.28. The van der Waals surface area contributed by atoms with Crippen LogP contribution in [-0.2, 0) is 7.05 Å². The first kappa shape index (κ1) is 16.4. The number of hydrazine groups is 1. The van der Waals surface area contributed by atoms with Crippen LogP contribution in [0.25, 0.3) is 10.9 Å². The van der Waals surface area contributed by atoms with E-state index < -0.39 is 11.8 Å². The molecule has 0 aliphatic rings. The van der Waals surface area contributed by atoms with Crippen molar-refractivity contribution < 1.29 is 9.59 Å². The number of carbonyl (C=O) groups is 2. The summed E-state index contributed by atoms with van der Waals surface area (Å²) in [5.74, 6) is -0.972. The Bertz CT molecular complexity index is 1010. The summed E-state index contributed by atoms with van der Waals surface area (Å²) in [6.07, 6.45) is 0. The van der Waals surface area contributed by atoms with Crippen LogP contribution in [0, 0.1) is 0 Å². The summed E-state index contributed by atoms with van der Waals surface area (Å²) in [5, 5.41) is 0.630. The quantitative estimate of drug-likeness (QED) is 0.642. The molecule has 0 bridgehead atoms. The molecule has 0 aliphatic carbocycles. The Labute approximate surface area is 149 Å². The van der Waals surface area contributed by atoms with Crippen LogP contribution in [0.3, 0.4) is 0 Å². The number of thiophene rings is 1. The van der Waals surface area contributed by atoms with Crippen molar-refractivity contribution in [2.45, 2.75) is 0 Å². The van der Waals surface area contributed by atoms with E-state index in [0.29, 0.717) is 15.8 Å². The number of halogens is 1. The number of pyridine rings is 1. The van der Waals surface area contributed by atoms with E-state index in [1.807, 2.05) is 0 Å². The number of nitrogens with one attached hydrogen (secondary N) is 2. The molecule has 3 rings (SSSR count). The molecule has 8 heteroatoms. The highest BCUT2D eigenvalue weighted by molar-refractivity contribution is 9.11. The van der Waals surface area contributed by atoms with Crippen LogP contribution in [0.1, 0.15) is 20.0 Å². The van der Waals surface area contributed by atoms with Gasteiger partial charge >= 0.3 is 0 Å². The fourth-order valence-corrected chi connectivity index (χ4v) is 3.56. The second-order valence-electron chi connectivity index (χ2n) is 4.98. The Balaban J connectivity index is 1.86. The van der Waals surface area contributed by atoms with Gasteiger partial charge in [-0.3, -0.25) is 25.2 Å². The molecule has 3 aromatic rings. The Morgan fingerprint density at radius 2 is 1.79 bits per heavy atom. The average molecular weight is 406 g/mol. The Kier molecular flexibility index (Phi) is 4.50. The normalized spacial score (nSPS) is 10.6. The van der Waals surface area contributed by atoms with Crippen molar-refractivity contribution in [3.63, 3.8) is 0 Å². The second-order valence-corrected chi connectivity index (χ2v) is 7.45. The number of amides is 2. The monoisotopic (exact) mass is 405 g/mol. The van der Waals surface area contributed by atoms with Crippen LogP contribution in [0.4, 0.5) is 0 Å².